The molecule has 0 aromatic heterocycles. The molecule has 3 rings (SSSR count). The second kappa shape index (κ2) is 6.26. The van der Waals surface area contributed by atoms with Crippen LogP contribution in [0.25, 0.3) is 0 Å². The largest absolute Gasteiger partial charge is 0.497 e. The van der Waals surface area contributed by atoms with Crippen LogP contribution in [0.4, 0.5) is 5.69 Å². The highest BCUT2D eigenvalue weighted by Crippen LogP contribution is 2.24. The van der Waals surface area contributed by atoms with Gasteiger partial charge in [0.25, 0.3) is 0 Å². The molecule has 0 fully saturated rings. The molecule has 24 heavy (non-hydrogen) atoms. The zero-order valence-electron chi connectivity index (χ0n) is 13.4. The molecule has 0 atom stereocenters. The van der Waals surface area contributed by atoms with Crippen LogP contribution in [0.3, 0.4) is 0 Å². The van der Waals surface area contributed by atoms with Gasteiger partial charge < -0.3 is 10.1 Å². The van der Waals surface area contributed by atoms with Crippen molar-refractivity contribution in [3.05, 3.63) is 53.1 Å². The molecule has 7 heteroatoms. The van der Waals surface area contributed by atoms with Gasteiger partial charge in [0.15, 0.2) is 0 Å². The Hall–Kier alpha value is -2.38. The summed E-state index contributed by atoms with van der Waals surface area (Å²) >= 11 is 0. The number of nitrogens with one attached hydrogen (secondary N) is 2. The standard InChI is InChI=1S/C17H18N2O4S/c1-11-7-14(23-2)4-6-16(11)24(21,22)18-10-12-3-5-15-13(8-12)9-17(20)19-15/h3-8,18H,9-10H2,1-2H3,(H,19,20). The highest BCUT2D eigenvalue weighted by atomic mass is 32.2. The van der Waals surface area contributed by atoms with Crippen molar-refractivity contribution in [2.75, 3.05) is 12.4 Å². The number of carbonyl (C=O) groups is 1. The summed E-state index contributed by atoms with van der Waals surface area (Å²) in [5, 5.41) is 2.75. The molecule has 126 valence electrons. The lowest BCUT2D eigenvalue weighted by molar-refractivity contribution is -0.115. The Morgan fingerprint density at radius 2 is 2.00 bits per heavy atom. The highest BCUT2D eigenvalue weighted by molar-refractivity contribution is 7.89. The summed E-state index contributed by atoms with van der Waals surface area (Å²) in [7, 11) is -2.09. The van der Waals surface area contributed by atoms with Crippen LogP contribution in [0, 0.1) is 6.92 Å². The highest BCUT2D eigenvalue weighted by Gasteiger charge is 2.19. The van der Waals surface area contributed by atoms with Crippen LogP contribution < -0.4 is 14.8 Å². The molecule has 6 nitrogen and oxygen atoms in total. The van der Waals surface area contributed by atoms with E-state index in [1.165, 1.54) is 13.2 Å². The number of rotatable bonds is 5. The summed E-state index contributed by atoms with van der Waals surface area (Å²) in [4.78, 5) is 11.6. The minimum atomic E-state index is -3.63. The van der Waals surface area contributed by atoms with Crippen molar-refractivity contribution in [2.45, 2.75) is 24.8 Å². The van der Waals surface area contributed by atoms with E-state index in [9.17, 15) is 13.2 Å². The maximum Gasteiger partial charge on any atom is 0.241 e. The first-order chi connectivity index (χ1) is 11.4. The van der Waals surface area contributed by atoms with Crippen LogP contribution in [-0.2, 0) is 27.8 Å². The molecule has 1 aliphatic heterocycles. The third-order valence-electron chi connectivity index (χ3n) is 3.93. The second-order valence-corrected chi connectivity index (χ2v) is 7.41. The number of methoxy groups -OCH3 is 1. The van der Waals surface area contributed by atoms with E-state index in [0.29, 0.717) is 17.7 Å². The van der Waals surface area contributed by atoms with E-state index in [2.05, 4.69) is 10.0 Å². The number of anilines is 1. The smallest absolute Gasteiger partial charge is 0.241 e. The predicted molar refractivity (Wildman–Crippen MR) is 90.5 cm³/mol. The van der Waals surface area contributed by atoms with Crippen LogP contribution >= 0.6 is 0 Å². The zero-order valence-corrected chi connectivity index (χ0v) is 14.2. The van der Waals surface area contributed by atoms with Crippen LogP contribution in [0.1, 0.15) is 16.7 Å². The van der Waals surface area contributed by atoms with Crippen LogP contribution in [0.5, 0.6) is 5.75 Å². The van der Waals surface area contributed by atoms with E-state index >= 15 is 0 Å². The molecule has 0 saturated carbocycles. The fourth-order valence-electron chi connectivity index (χ4n) is 2.70. The minimum Gasteiger partial charge on any atom is -0.497 e. The first-order valence-electron chi connectivity index (χ1n) is 7.45. The summed E-state index contributed by atoms with van der Waals surface area (Å²) in [6.45, 7) is 1.89. The Labute approximate surface area is 140 Å². The Morgan fingerprint density at radius 3 is 2.71 bits per heavy atom. The van der Waals surface area contributed by atoms with Gasteiger partial charge in [0.1, 0.15) is 5.75 Å². The number of carbonyl (C=O) groups excluding carboxylic acids is 1. The van der Waals surface area contributed by atoms with Gasteiger partial charge in [-0.05, 0) is 47.9 Å². The molecule has 0 saturated heterocycles. The topological polar surface area (TPSA) is 84.5 Å². The second-order valence-electron chi connectivity index (χ2n) is 5.67. The number of sulfonamides is 1. The lowest BCUT2D eigenvalue weighted by atomic mass is 10.1. The van der Waals surface area contributed by atoms with Gasteiger partial charge in [-0.1, -0.05) is 12.1 Å². The van der Waals surface area contributed by atoms with Crippen molar-refractivity contribution in [1.29, 1.82) is 0 Å². The number of aryl methyl sites for hydroxylation is 1. The predicted octanol–water partition coefficient (Wildman–Crippen LogP) is 1.98. The van der Waals surface area contributed by atoms with Gasteiger partial charge in [-0.3, -0.25) is 4.79 Å². The van der Waals surface area contributed by atoms with Crippen molar-refractivity contribution >= 4 is 21.6 Å². The molecule has 0 spiro atoms. The number of ether oxygens (including phenoxy) is 1. The van der Waals surface area contributed by atoms with E-state index in [4.69, 9.17) is 4.74 Å². The Balaban J connectivity index is 1.76. The third kappa shape index (κ3) is 3.27. The van der Waals surface area contributed by atoms with Gasteiger partial charge in [-0.25, -0.2) is 13.1 Å². The lowest BCUT2D eigenvalue weighted by Gasteiger charge is -2.11. The van der Waals surface area contributed by atoms with Gasteiger partial charge in [0.2, 0.25) is 15.9 Å². The molecule has 0 unspecified atom stereocenters. The van der Waals surface area contributed by atoms with Crippen LogP contribution in [0.15, 0.2) is 41.3 Å². The monoisotopic (exact) mass is 346 g/mol. The maximum atomic E-state index is 12.5. The quantitative estimate of drug-likeness (QED) is 0.867. The SMILES string of the molecule is COc1ccc(S(=O)(=O)NCc2ccc3c(c2)CC(=O)N3)c(C)c1. The molecule has 1 aliphatic rings. The molecular formula is C17H18N2O4S. The average molecular weight is 346 g/mol. The first-order valence-corrected chi connectivity index (χ1v) is 8.93. The van der Waals surface area contributed by atoms with Crippen molar-refractivity contribution in [2.24, 2.45) is 0 Å². The number of hydrogen-bond donors (Lipinski definition) is 2. The van der Waals surface area contributed by atoms with Crippen molar-refractivity contribution in [1.82, 2.24) is 4.72 Å². The fourth-order valence-corrected chi connectivity index (χ4v) is 3.94. The van der Waals surface area contributed by atoms with E-state index in [1.807, 2.05) is 6.07 Å². The van der Waals surface area contributed by atoms with E-state index in [1.54, 1.807) is 31.2 Å². The van der Waals surface area contributed by atoms with E-state index < -0.39 is 10.0 Å². The van der Waals surface area contributed by atoms with Gasteiger partial charge in [0.05, 0.1) is 18.4 Å². The molecule has 2 aromatic carbocycles. The van der Waals surface area contributed by atoms with E-state index in [0.717, 1.165) is 16.8 Å². The van der Waals surface area contributed by atoms with Crippen molar-refractivity contribution in [3.63, 3.8) is 0 Å². The molecule has 1 amide bonds. The fraction of sp³-hybridized carbons (Fsp3) is 0.235. The number of hydrogen-bond acceptors (Lipinski definition) is 4. The van der Waals surface area contributed by atoms with Gasteiger partial charge in [-0.2, -0.15) is 0 Å². The first kappa shape index (κ1) is 16.5. The van der Waals surface area contributed by atoms with Crippen molar-refractivity contribution in [3.8, 4) is 5.75 Å². The lowest BCUT2D eigenvalue weighted by Crippen LogP contribution is -2.24. The average Bonchev–Trinajstić information content (AvgIpc) is 2.91. The molecule has 2 N–H and O–H groups in total. The molecular weight excluding hydrogens is 328 g/mol. The molecule has 0 bridgehead atoms. The summed E-state index contributed by atoms with van der Waals surface area (Å²) in [5.74, 6) is 0.568. The number of benzene rings is 2. The van der Waals surface area contributed by atoms with Crippen molar-refractivity contribution < 1.29 is 17.9 Å². The van der Waals surface area contributed by atoms with Gasteiger partial charge >= 0.3 is 0 Å². The Kier molecular flexibility index (Phi) is 4.29. The summed E-state index contributed by atoms with van der Waals surface area (Å²) in [6, 6.07) is 10.3. The van der Waals surface area contributed by atoms with Crippen LogP contribution in [0.2, 0.25) is 0 Å². The number of fused-ring (bicyclic) bond motifs is 1. The normalized spacial score (nSPS) is 13.5. The Bertz CT molecular complexity index is 907. The van der Waals surface area contributed by atoms with Gasteiger partial charge in [-0.15, -0.1) is 0 Å². The minimum absolute atomic E-state index is 0.0448. The number of amides is 1. The summed E-state index contributed by atoms with van der Waals surface area (Å²) < 4.78 is 32.7. The maximum absolute atomic E-state index is 12.5. The molecule has 0 aliphatic carbocycles. The molecule has 0 radical (unpaired) electrons. The Morgan fingerprint density at radius 1 is 1.21 bits per heavy atom. The molecule has 2 aromatic rings. The summed E-state index contributed by atoms with van der Waals surface area (Å²) in [5.41, 5.74) is 3.10. The van der Waals surface area contributed by atoms with E-state index in [-0.39, 0.29) is 17.3 Å². The van der Waals surface area contributed by atoms with Crippen LogP contribution in [-0.4, -0.2) is 21.4 Å². The zero-order chi connectivity index (χ0) is 17.3. The molecule has 1 heterocycles. The third-order valence-corrected chi connectivity index (χ3v) is 5.49. The summed E-state index contributed by atoms with van der Waals surface area (Å²) in [6.07, 6.45) is 0.327. The van der Waals surface area contributed by atoms with Gasteiger partial charge in [0, 0.05) is 12.2 Å².